The van der Waals surface area contributed by atoms with E-state index in [2.05, 4.69) is 14.8 Å². The number of esters is 1. The van der Waals surface area contributed by atoms with E-state index in [1.807, 2.05) is 0 Å². The molecule has 1 aromatic carbocycles. The molecule has 23 heavy (non-hydrogen) atoms. The molecule has 0 unspecified atom stereocenters. The second-order valence-electron chi connectivity index (χ2n) is 4.50. The van der Waals surface area contributed by atoms with Crippen molar-refractivity contribution in [3.63, 3.8) is 0 Å². The lowest BCUT2D eigenvalue weighted by Crippen LogP contribution is -2.17. The molecule has 0 atom stereocenters. The average Bonchev–Trinajstić information content (AvgIpc) is 2.90. The van der Waals surface area contributed by atoms with Crippen molar-refractivity contribution in [3.8, 4) is 0 Å². The van der Waals surface area contributed by atoms with Gasteiger partial charge in [0, 0.05) is 7.05 Å². The minimum atomic E-state index is -1.05. The normalized spacial score (nSPS) is 10.4. The summed E-state index contributed by atoms with van der Waals surface area (Å²) >= 11 is 0. The Bertz CT molecular complexity index is 802. The van der Waals surface area contributed by atoms with Gasteiger partial charge in [0.1, 0.15) is 23.5 Å². The second kappa shape index (κ2) is 6.30. The molecule has 0 aliphatic rings. The number of nitro benzene ring substituents is 1. The summed E-state index contributed by atoms with van der Waals surface area (Å²) in [6.07, 6.45) is 0.871. The Morgan fingerprint density at radius 1 is 1.43 bits per heavy atom. The standard InChI is InChI=1S/C13H11FN4O5/c1-17-11(15-6-16-17)5-10(19)12-8(13(20)23-2)3-7(14)4-9(12)18(21)22/h3-4,6H,5H2,1-2H3. The topological polar surface area (TPSA) is 117 Å². The predicted octanol–water partition coefficient (Wildman–Crippen LogP) is 1.07. The molecule has 0 aliphatic heterocycles. The number of aromatic nitrogens is 3. The number of benzene rings is 1. The quantitative estimate of drug-likeness (QED) is 0.350. The fourth-order valence-electron chi connectivity index (χ4n) is 2.01. The highest BCUT2D eigenvalue weighted by molar-refractivity contribution is 6.09. The fourth-order valence-corrected chi connectivity index (χ4v) is 2.01. The van der Waals surface area contributed by atoms with Crippen molar-refractivity contribution in [3.05, 3.63) is 51.3 Å². The van der Waals surface area contributed by atoms with Crippen LogP contribution in [-0.4, -0.2) is 38.6 Å². The summed E-state index contributed by atoms with van der Waals surface area (Å²) < 4.78 is 19.3. The largest absolute Gasteiger partial charge is 0.465 e. The molecular weight excluding hydrogens is 311 g/mol. The van der Waals surface area contributed by atoms with Crippen LogP contribution < -0.4 is 0 Å². The predicted molar refractivity (Wildman–Crippen MR) is 73.4 cm³/mol. The first-order valence-corrected chi connectivity index (χ1v) is 6.27. The molecule has 10 heteroatoms. The monoisotopic (exact) mass is 322 g/mol. The van der Waals surface area contributed by atoms with Gasteiger partial charge >= 0.3 is 5.97 Å². The van der Waals surface area contributed by atoms with Gasteiger partial charge in [0.15, 0.2) is 5.78 Å². The molecule has 120 valence electrons. The summed E-state index contributed by atoms with van der Waals surface area (Å²) in [5.41, 5.74) is -1.84. The van der Waals surface area contributed by atoms with Gasteiger partial charge in [-0.2, -0.15) is 5.10 Å². The van der Waals surface area contributed by atoms with Crippen molar-refractivity contribution in [2.24, 2.45) is 7.05 Å². The molecule has 0 amide bonds. The van der Waals surface area contributed by atoms with E-state index in [0.29, 0.717) is 6.07 Å². The number of methoxy groups -OCH3 is 1. The number of nitro groups is 1. The molecule has 9 nitrogen and oxygen atoms in total. The van der Waals surface area contributed by atoms with Gasteiger partial charge in [-0.05, 0) is 6.07 Å². The molecule has 2 aromatic rings. The third-order valence-electron chi connectivity index (χ3n) is 3.09. The first kappa shape index (κ1) is 16.2. The van der Waals surface area contributed by atoms with Crippen molar-refractivity contribution in [2.75, 3.05) is 7.11 Å². The van der Waals surface area contributed by atoms with Crippen LogP contribution in [0.2, 0.25) is 0 Å². The van der Waals surface area contributed by atoms with Gasteiger partial charge in [-0.25, -0.2) is 14.2 Å². The SMILES string of the molecule is COC(=O)c1cc(F)cc([N+](=O)[O-])c1C(=O)Cc1ncnn1C. The lowest BCUT2D eigenvalue weighted by Gasteiger charge is -2.08. The number of aryl methyl sites for hydroxylation is 1. The van der Waals surface area contributed by atoms with Crippen molar-refractivity contribution >= 4 is 17.4 Å². The Labute approximate surface area is 128 Å². The zero-order valence-electron chi connectivity index (χ0n) is 12.1. The van der Waals surface area contributed by atoms with Gasteiger partial charge in [-0.1, -0.05) is 0 Å². The molecule has 0 spiro atoms. The molecule has 0 bridgehead atoms. The highest BCUT2D eigenvalue weighted by atomic mass is 19.1. The van der Waals surface area contributed by atoms with E-state index in [0.717, 1.165) is 13.2 Å². The van der Waals surface area contributed by atoms with Crippen LogP contribution in [0.25, 0.3) is 0 Å². The maximum Gasteiger partial charge on any atom is 0.338 e. The van der Waals surface area contributed by atoms with E-state index >= 15 is 0 Å². The van der Waals surface area contributed by atoms with Crippen LogP contribution >= 0.6 is 0 Å². The van der Waals surface area contributed by atoms with Gasteiger partial charge in [0.2, 0.25) is 0 Å². The number of carbonyl (C=O) groups excluding carboxylic acids is 2. The molecule has 0 N–H and O–H groups in total. The summed E-state index contributed by atoms with van der Waals surface area (Å²) in [5, 5.41) is 14.9. The molecule has 1 aromatic heterocycles. The van der Waals surface area contributed by atoms with Crippen molar-refractivity contribution < 1.29 is 23.6 Å². The Balaban J connectivity index is 2.58. The molecule has 0 fully saturated rings. The van der Waals surface area contributed by atoms with Crippen LogP contribution in [0.5, 0.6) is 0 Å². The first-order chi connectivity index (χ1) is 10.8. The number of hydrogen-bond donors (Lipinski definition) is 0. The summed E-state index contributed by atoms with van der Waals surface area (Å²) in [6.45, 7) is 0. The minimum Gasteiger partial charge on any atom is -0.465 e. The first-order valence-electron chi connectivity index (χ1n) is 6.27. The zero-order valence-corrected chi connectivity index (χ0v) is 12.1. The summed E-state index contributed by atoms with van der Waals surface area (Å²) in [5.74, 6) is -2.60. The number of nitrogens with zero attached hydrogens (tertiary/aromatic N) is 4. The summed E-state index contributed by atoms with van der Waals surface area (Å²) in [7, 11) is 2.56. The molecule has 2 rings (SSSR count). The molecule has 0 saturated carbocycles. The summed E-state index contributed by atoms with van der Waals surface area (Å²) in [4.78, 5) is 38.2. The summed E-state index contributed by atoms with van der Waals surface area (Å²) in [6, 6.07) is 1.30. The highest BCUT2D eigenvalue weighted by Gasteiger charge is 2.30. The molecule has 0 radical (unpaired) electrons. The minimum absolute atomic E-state index is 0.240. The number of hydrogen-bond acceptors (Lipinski definition) is 7. The number of carbonyl (C=O) groups is 2. The Morgan fingerprint density at radius 3 is 2.65 bits per heavy atom. The Hall–Kier alpha value is -3.17. The van der Waals surface area contributed by atoms with E-state index in [4.69, 9.17) is 0 Å². The van der Waals surface area contributed by atoms with Crippen LogP contribution in [-0.2, 0) is 18.2 Å². The molecule has 0 saturated heterocycles. The van der Waals surface area contributed by atoms with Crippen molar-refractivity contribution in [2.45, 2.75) is 6.42 Å². The van der Waals surface area contributed by atoms with Gasteiger partial charge in [-0.15, -0.1) is 0 Å². The third-order valence-corrected chi connectivity index (χ3v) is 3.09. The smallest absolute Gasteiger partial charge is 0.338 e. The molecular formula is C13H11FN4O5. The van der Waals surface area contributed by atoms with E-state index in [1.54, 1.807) is 0 Å². The van der Waals surface area contributed by atoms with E-state index in [9.17, 15) is 24.1 Å². The number of rotatable bonds is 5. The Morgan fingerprint density at radius 2 is 2.13 bits per heavy atom. The Kier molecular flexibility index (Phi) is 4.44. The second-order valence-corrected chi connectivity index (χ2v) is 4.50. The van der Waals surface area contributed by atoms with Gasteiger partial charge in [0.25, 0.3) is 5.69 Å². The lowest BCUT2D eigenvalue weighted by molar-refractivity contribution is -0.385. The molecule has 1 heterocycles. The van der Waals surface area contributed by atoms with Gasteiger partial charge in [-0.3, -0.25) is 19.6 Å². The van der Waals surface area contributed by atoms with Crippen LogP contribution in [0, 0.1) is 15.9 Å². The third kappa shape index (κ3) is 3.20. The zero-order chi connectivity index (χ0) is 17.1. The van der Waals surface area contributed by atoms with Crippen LogP contribution in [0.1, 0.15) is 26.5 Å². The fraction of sp³-hybridized carbons (Fsp3) is 0.231. The average molecular weight is 322 g/mol. The maximum absolute atomic E-state index is 13.5. The lowest BCUT2D eigenvalue weighted by atomic mass is 9.99. The van der Waals surface area contributed by atoms with Crippen molar-refractivity contribution in [1.29, 1.82) is 0 Å². The number of ketones is 1. The molecule has 0 aliphatic carbocycles. The number of Topliss-reactive ketones (excluding diaryl/α,β-unsaturated/α-hetero) is 1. The van der Waals surface area contributed by atoms with E-state index in [-0.39, 0.29) is 12.2 Å². The number of ether oxygens (including phenoxy) is 1. The number of halogens is 1. The van der Waals surface area contributed by atoms with Gasteiger partial charge in [0.05, 0.1) is 30.1 Å². The van der Waals surface area contributed by atoms with Gasteiger partial charge < -0.3 is 4.74 Å². The van der Waals surface area contributed by atoms with Crippen LogP contribution in [0.15, 0.2) is 18.5 Å². The maximum atomic E-state index is 13.5. The van der Waals surface area contributed by atoms with Crippen molar-refractivity contribution in [1.82, 2.24) is 14.8 Å². The van der Waals surface area contributed by atoms with Crippen LogP contribution in [0.3, 0.4) is 0 Å². The van der Waals surface area contributed by atoms with E-state index < -0.39 is 39.3 Å². The highest BCUT2D eigenvalue weighted by Crippen LogP contribution is 2.26. The van der Waals surface area contributed by atoms with Crippen LogP contribution in [0.4, 0.5) is 10.1 Å². The van der Waals surface area contributed by atoms with E-state index in [1.165, 1.54) is 18.1 Å².